The molecule has 0 N–H and O–H groups in total. The topological polar surface area (TPSA) is 50.1 Å². The molecule has 0 radical (unpaired) electrons. The summed E-state index contributed by atoms with van der Waals surface area (Å²) in [6.45, 7) is 5.95. The van der Waals surface area contributed by atoms with Crippen LogP contribution in [0.1, 0.15) is 50.6 Å². The molecule has 6 nitrogen and oxygen atoms in total. The molecule has 7 rings (SSSR count). The summed E-state index contributed by atoms with van der Waals surface area (Å²) in [5, 5.41) is 9.02. The van der Waals surface area contributed by atoms with Crippen molar-refractivity contribution >= 4 is 5.82 Å². The standard InChI is InChI=1S/C25H35FN6/c26-23-4-1-5-24(27-23)31-9-7-30(8-10-31)6-2-3-22-17-32(29-28-22)18-25-14-19-11-20(15-25)13-21(12-19)16-25/h1,4-5,17,19-21H,2-3,6-16,18H2. The van der Waals surface area contributed by atoms with Crippen LogP contribution in [-0.4, -0.2) is 57.6 Å². The second-order valence-electron chi connectivity index (χ2n) is 11.1. The third-order valence-electron chi connectivity index (χ3n) is 8.55. The number of aromatic nitrogens is 4. The molecule has 5 aliphatic rings. The van der Waals surface area contributed by atoms with Gasteiger partial charge in [0, 0.05) is 38.9 Å². The number of hydrogen-bond donors (Lipinski definition) is 0. The summed E-state index contributed by atoms with van der Waals surface area (Å²) in [6.07, 6.45) is 13.1. The van der Waals surface area contributed by atoms with E-state index in [9.17, 15) is 4.39 Å². The van der Waals surface area contributed by atoms with Gasteiger partial charge in [0.25, 0.3) is 0 Å². The van der Waals surface area contributed by atoms with E-state index in [1.54, 1.807) is 6.07 Å². The van der Waals surface area contributed by atoms with Crippen molar-refractivity contribution < 1.29 is 4.39 Å². The average Bonchev–Trinajstić information content (AvgIpc) is 3.19. The molecule has 5 fully saturated rings. The summed E-state index contributed by atoms with van der Waals surface area (Å²) in [5.41, 5.74) is 1.65. The van der Waals surface area contributed by atoms with Crippen molar-refractivity contribution in [2.45, 2.75) is 57.9 Å². The quantitative estimate of drug-likeness (QED) is 0.616. The Morgan fingerprint density at radius 1 is 0.969 bits per heavy atom. The fourth-order valence-electron chi connectivity index (χ4n) is 7.62. The minimum Gasteiger partial charge on any atom is -0.354 e. The van der Waals surface area contributed by atoms with Crippen LogP contribution in [0.2, 0.25) is 0 Å². The number of nitrogens with zero attached hydrogens (tertiary/aromatic N) is 6. The number of hydrogen-bond acceptors (Lipinski definition) is 5. The lowest BCUT2D eigenvalue weighted by molar-refractivity contribution is -0.0637. The minimum absolute atomic E-state index is 0.402. The molecule has 0 amide bonds. The number of anilines is 1. The normalized spacial score (nSPS) is 32.0. The van der Waals surface area contributed by atoms with Crippen LogP contribution in [0.3, 0.4) is 0 Å². The molecule has 2 aromatic heterocycles. The van der Waals surface area contributed by atoms with Crippen molar-refractivity contribution in [3.63, 3.8) is 0 Å². The third-order valence-corrected chi connectivity index (χ3v) is 8.55. The van der Waals surface area contributed by atoms with Crippen molar-refractivity contribution in [3.8, 4) is 0 Å². The van der Waals surface area contributed by atoms with Gasteiger partial charge in [0.2, 0.25) is 5.95 Å². The molecule has 2 aromatic rings. The van der Waals surface area contributed by atoms with Crippen molar-refractivity contribution in [1.82, 2.24) is 24.9 Å². The van der Waals surface area contributed by atoms with E-state index in [-0.39, 0.29) is 0 Å². The summed E-state index contributed by atoms with van der Waals surface area (Å²) in [4.78, 5) is 8.69. The summed E-state index contributed by atoms with van der Waals surface area (Å²) in [5.74, 6) is 3.31. The molecular weight excluding hydrogens is 403 g/mol. The summed E-state index contributed by atoms with van der Waals surface area (Å²) < 4.78 is 15.5. The van der Waals surface area contributed by atoms with E-state index in [2.05, 4.69) is 36.0 Å². The van der Waals surface area contributed by atoms with Crippen molar-refractivity contribution in [3.05, 3.63) is 36.0 Å². The minimum atomic E-state index is -0.402. The van der Waals surface area contributed by atoms with Crippen LogP contribution >= 0.6 is 0 Å². The van der Waals surface area contributed by atoms with Gasteiger partial charge in [-0.05, 0) is 93.2 Å². The Bertz CT molecular complexity index is 899. The van der Waals surface area contributed by atoms with Crippen LogP contribution in [-0.2, 0) is 13.0 Å². The molecule has 0 spiro atoms. The van der Waals surface area contributed by atoms with Crippen molar-refractivity contribution in [1.29, 1.82) is 0 Å². The molecule has 1 saturated heterocycles. The monoisotopic (exact) mass is 438 g/mol. The largest absolute Gasteiger partial charge is 0.354 e. The Balaban J connectivity index is 0.961. The first-order valence-electron chi connectivity index (χ1n) is 12.6. The third kappa shape index (κ3) is 4.28. The van der Waals surface area contributed by atoms with Gasteiger partial charge in [-0.3, -0.25) is 9.58 Å². The number of halogens is 1. The molecule has 0 unspecified atom stereocenters. The first kappa shape index (κ1) is 20.6. The summed E-state index contributed by atoms with van der Waals surface area (Å²) in [6, 6.07) is 5.03. The van der Waals surface area contributed by atoms with Gasteiger partial charge in [-0.1, -0.05) is 11.3 Å². The van der Waals surface area contributed by atoms with Gasteiger partial charge in [-0.2, -0.15) is 4.39 Å². The molecular formula is C25H35FN6. The van der Waals surface area contributed by atoms with E-state index in [0.717, 1.165) is 81.4 Å². The lowest BCUT2D eigenvalue weighted by Crippen LogP contribution is -2.48. The Kier molecular flexibility index (Phi) is 5.40. The number of aryl methyl sites for hydroxylation is 1. The molecule has 1 aliphatic heterocycles. The maximum absolute atomic E-state index is 13.4. The molecule has 0 atom stereocenters. The van der Waals surface area contributed by atoms with E-state index in [1.807, 2.05) is 6.07 Å². The second-order valence-corrected chi connectivity index (χ2v) is 11.1. The molecule has 172 valence electrons. The molecule has 4 bridgehead atoms. The van der Waals surface area contributed by atoms with Crippen molar-refractivity contribution in [2.75, 3.05) is 37.6 Å². The van der Waals surface area contributed by atoms with Crippen LogP contribution in [0.5, 0.6) is 0 Å². The molecule has 4 saturated carbocycles. The van der Waals surface area contributed by atoms with Crippen LogP contribution in [0.25, 0.3) is 0 Å². The average molecular weight is 439 g/mol. The maximum Gasteiger partial charge on any atom is 0.214 e. The van der Waals surface area contributed by atoms with E-state index in [1.165, 1.54) is 44.6 Å². The van der Waals surface area contributed by atoms with Gasteiger partial charge in [0.1, 0.15) is 5.82 Å². The van der Waals surface area contributed by atoms with Gasteiger partial charge in [0.15, 0.2) is 0 Å². The van der Waals surface area contributed by atoms with E-state index in [4.69, 9.17) is 0 Å². The van der Waals surface area contributed by atoms with Crippen LogP contribution < -0.4 is 4.90 Å². The molecule has 4 aliphatic carbocycles. The van der Waals surface area contributed by atoms with Gasteiger partial charge in [-0.25, -0.2) is 4.98 Å². The van der Waals surface area contributed by atoms with Crippen LogP contribution in [0, 0.1) is 29.1 Å². The van der Waals surface area contributed by atoms with Crippen LogP contribution in [0.15, 0.2) is 24.4 Å². The fraction of sp³-hybridized carbons (Fsp3) is 0.720. The first-order chi connectivity index (χ1) is 15.6. The zero-order valence-electron chi connectivity index (χ0n) is 19.0. The molecule has 32 heavy (non-hydrogen) atoms. The smallest absolute Gasteiger partial charge is 0.214 e. The van der Waals surface area contributed by atoms with Gasteiger partial charge in [0.05, 0.1) is 5.69 Å². The molecule has 3 heterocycles. The van der Waals surface area contributed by atoms with Gasteiger partial charge >= 0.3 is 0 Å². The zero-order chi connectivity index (χ0) is 21.5. The number of pyridine rings is 1. The first-order valence-corrected chi connectivity index (χ1v) is 12.6. The summed E-state index contributed by atoms with van der Waals surface area (Å²) >= 11 is 0. The lowest BCUT2D eigenvalue weighted by atomic mass is 9.49. The predicted molar refractivity (Wildman–Crippen MR) is 122 cm³/mol. The van der Waals surface area contributed by atoms with E-state index < -0.39 is 5.95 Å². The highest BCUT2D eigenvalue weighted by Gasteiger charge is 2.51. The number of rotatable bonds is 7. The van der Waals surface area contributed by atoms with Crippen molar-refractivity contribution in [2.24, 2.45) is 23.2 Å². The Morgan fingerprint density at radius 3 is 2.38 bits per heavy atom. The van der Waals surface area contributed by atoms with Gasteiger partial charge < -0.3 is 4.90 Å². The highest BCUT2D eigenvalue weighted by Crippen LogP contribution is 2.60. The van der Waals surface area contributed by atoms with Crippen LogP contribution in [0.4, 0.5) is 10.2 Å². The zero-order valence-corrected chi connectivity index (χ0v) is 19.0. The van der Waals surface area contributed by atoms with E-state index in [0.29, 0.717) is 5.41 Å². The van der Waals surface area contributed by atoms with E-state index >= 15 is 0 Å². The Hall–Kier alpha value is -2.02. The summed E-state index contributed by atoms with van der Waals surface area (Å²) in [7, 11) is 0. The van der Waals surface area contributed by atoms with Gasteiger partial charge in [-0.15, -0.1) is 5.10 Å². The molecule has 7 heteroatoms. The second kappa shape index (κ2) is 8.40. The Labute approximate surface area is 190 Å². The Morgan fingerprint density at radius 2 is 1.69 bits per heavy atom. The lowest BCUT2D eigenvalue weighted by Gasteiger charge is -2.56. The SMILES string of the molecule is Fc1cccc(N2CCN(CCCc3cn(CC45CC6CC(CC(C6)C4)C5)nn3)CC2)n1. The fourth-order valence-corrected chi connectivity index (χ4v) is 7.62. The highest BCUT2D eigenvalue weighted by molar-refractivity contribution is 5.38. The predicted octanol–water partition coefficient (Wildman–Crippen LogP) is 3.78. The maximum atomic E-state index is 13.4. The highest BCUT2D eigenvalue weighted by atomic mass is 19.1. The molecule has 0 aromatic carbocycles. The number of piperazine rings is 1.